The summed E-state index contributed by atoms with van der Waals surface area (Å²) in [4.78, 5) is 23.6. The summed E-state index contributed by atoms with van der Waals surface area (Å²) < 4.78 is 27.6. The lowest BCUT2D eigenvalue weighted by molar-refractivity contribution is 0.600. The predicted octanol–water partition coefficient (Wildman–Crippen LogP) is 1.63. The first kappa shape index (κ1) is 16.0. The van der Waals surface area contributed by atoms with Crippen molar-refractivity contribution in [2.45, 2.75) is 18.7 Å². The number of anilines is 1. The number of aromatic amines is 2. The zero-order chi connectivity index (χ0) is 17.5. The second-order valence-corrected chi connectivity index (χ2v) is 7.19. The van der Waals surface area contributed by atoms with Gasteiger partial charge in [0.25, 0.3) is 21.1 Å². The van der Waals surface area contributed by atoms with E-state index in [0.29, 0.717) is 5.56 Å². The van der Waals surface area contributed by atoms with Crippen LogP contribution in [0.3, 0.4) is 0 Å². The summed E-state index contributed by atoms with van der Waals surface area (Å²) in [6.07, 6.45) is 0. The summed E-state index contributed by atoms with van der Waals surface area (Å²) in [5.41, 5.74) is 0.838. The van der Waals surface area contributed by atoms with Gasteiger partial charge >= 0.3 is 0 Å². The summed E-state index contributed by atoms with van der Waals surface area (Å²) >= 11 is 0. The third-order valence-corrected chi connectivity index (χ3v) is 5.21. The summed E-state index contributed by atoms with van der Waals surface area (Å²) in [6.45, 7) is 3.59. The molecule has 0 aliphatic carbocycles. The molecule has 3 rings (SSSR count). The first-order valence-electron chi connectivity index (χ1n) is 7.13. The van der Waals surface area contributed by atoms with E-state index in [1.807, 2.05) is 6.92 Å². The predicted molar refractivity (Wildman–Crippen MR) is 91.9 cm³/mol. The van der Waals surface area contributed by atoms with E-state index in [2.05, 4.69) is 14.9 Å². The molecule has 2 aromatic carbocycles. The third-order valence-electron chi connectivity index (χ3n) is 3.67. The lowest BCUT2D eigenvalue weighted by atomic mass is 10.2. The average Bonchev–Trinajstić information content (AvgIpc) is 2.50. The number of aryl methyl sites for hydroxylation is 2. The van der Waals surface area contributed by atoms with E-state index in [9.17, 15) is 18.0 Å². The molecular weight excluding hydrogens is 330 g/mol. The second kappa shape index (κ2) is 5.64. The van der Waals surface area contributed by atoms with Crippen molar-refractivity contribution in [1.29, 1.82) is 0 Å². The van der Waals surface area contributed by atoms with E-state index in [1.165, 1.54) is 24.3 Å². The van der Waals surface area contributed by atoms with Crippen LogP contribution in [0.15, 0.2) is 50.9 Å². The molecule has 0 unspecified atom stereocenters. The smallest absolute Gasteiger partial charge is 0.270 e. The van der Waals surface area contributed by atoms with Crippen molar-refractivity contribution >= 4 is 26.5 Å². The molecule has 0 spiro atoms. The fourth-order valence-electron chi connectivity index (χ4n) is 2.55. The monoisotopic (exact) mass is 345 g/mol. The Bertz CT molecular complexity index is 1160. The highest BCUT2D eigenvalue weighted by atomic mass is 32.2. The van der Waals surface area contributed by atoms with Crippen molar-refractivity contribution in [3.63, 3.8) is 0 Å². The van der Waals surface area contributed by atoms with Gasteiger partial charge in [0.05, 0.1) is 15.7 Å². The van der Waals surface area contributed by atoms with Gasteiger partial charge in [0.1, 0.15) is 0 Å². The highest BCUT2D eigenvalue weighted by Crippen LogP contribution is 2.21. The fourth-order valence-corrected chi connectivity index (χ4v) is 3.83. The molecule has 3 aromatic rings. The highest BCUT2D eigenvalue weighted by molar-refractivity contribution is 7.92. The minimum atomic E-state index is -3.80. The van der Waals surface area contributed by atoms with Crippen LogP contribution in [0.25, 0.3) is 10.8 Å². The number of aromatic nitrogens is 2. The van der Waals surface area contributed by atoms with E-state index >= 15 is 0 Å². The highest BCUT2D eigenvalue weighted by Gasteiger charge is 2.17. The van der Waals surface area contributed by atoms with E-state index in [-0.39, 0.29) is 21.4 Å². The molecule has 0 saturated heterocycles. The summed E-state index contributed by atoms with van der Waals surface area (Å²) in [7, 11) is -3.80. The van der Waals surface area contributed by atoms with Gasteiger partial charge in [-0.3, -0.25) is 24.5 Å². The second-order valence-electron chi connectivity index (χ2n) is 5.54. The van der Waals surface area contributed by atoms with E-state index in [0.717, 1.165) is 5.56 Å². The quantitative estimate of drug-likeness (QED) is 0.670. The van der Waals surface area contributed by atoms with Crippen molar-refractivity contribution < 1.29 is 8.42 Å². The van der Waals surface area contributed by atoms with Crippen molar-refractivity contribution in [2.24, 2.45) is 0 Å². The summed E-state index contributed by atoms with van der Waals surface area (Å²) in [5, 5.41) is 4.73. The Labute approximate surface area is 137 Å². The molecule has 0 fully saturated rings. The average molecular weight is 345 g/mol. The number of fused-ring (bicyclic) bond motifs is 1. The number of hydrogen-bond donors (Lipinski definition) is 3. The molecule has 0 bridgehead atoms. The molecule has 1 heterocycles. The van der Waals surface area contributed by atoms with Crippen LogP contribution in [0.2, 0.25) is 0 Å². The van der Waals surface area contributed by atoms with Crippen LogP contribution in [-0.4, -0.2) is 18.6 Å². The molecule has 0 saturated carbocycles. The van der Waals surface area contributed by atoms with Gasteiger partial charge in [-0.05, 0) is 43.7 Å². The standard InChI is InChI=1S/C16H15N3O4S/c1-9-3-6-14(10(2)7-9)24(22,23)19-11-4-5-12-13(8-11)16(21)18-17-15(12)20/h3-8,19H,1-2H3,(H,17,20)(H,18,21). The number of H-pyrrole nitrogens is 2. The SMILES string of the molecule is Cc1ccc(S(=O)(=O)Nc2ccc3c(=O)[nH][nH]c(=O)c3c2)c(C)c1. The number of rotatable bonds is 3. The molecular formula is C16H15N3O4S. The molecule has 0 radical (unpaired) electrons. The molecule has 0 amide bonds. The van der Waals surface area contributed by atoms with Gasteiger partial charge in [0, 0.05) is 5.69 Å². The van der Waals surface area contributed by atoms with E-state index in [4.69, 9.17) is 0 Å². The largest absolute Gasteiger partial charge is 0.280 e. The Morgan fingerprint density at radius 1 is 0.875 bits per heavy atom. The molecule has 3 N–H and O–H groups in total. The first-order valence-corrected chi connectivity index (χ1v) is 8.61. The third kappa shape index (κ3) is 2.83. The number of nitrogens with one attached hydrogen (secondary N) is 3. The van der Waals surface area contributed by atoms with Gasteiger partial charge in [-0.15, -0.1) is 0 Å². The minimum Gasteiger partial charge on any atom is -0.280 e. The first-order chi connectivity index (χ1) is 11.3. The maximum Gasteiger partial charge on any atom is 0.270 e. The Kier molecular flexibility index (Phi) is 3.76. The Morgan fingerprint density at radius 3 is 2.21 bits per heavy atom. The Balaban J connectivity index is 2.07. The van der Waals surface area contributed by atoms with E-state index in [1.54, 1.807) is 19.1 Å². The summed E-state index contributed by atoms with van der Waals surface area (Å²) in [5.74, 6) is 0. The van der Waals surface area contributed by atoms with Crippen LogP contribution in [0.5, 0.6) is 0 Å². The topological polar surface area (TPSA) is 112 Å². The summed E-state index contributed by atoms with van der Waals surface area (Å²) in [6, 6.07) is 9.21. The molecule has 0 aliphatic heterocycles. The molecule has 124 valence electrons. The van der Waals surface area contributed by atoms with Crippen LogP contribution < -0.4 is 15.8 Å². The molecule has 7 nitrogen and oxygen atoms in total. The van der Waals surface area contributed by atoms with Crippen LogP contribution in [0, 0.1) is 13.8 Å². The zero-order valence-corrected chi connectivity index (χ0v) is 13.8. The van der Waals surface area contributed by atoms with E-state index < -0.39 is 21.1 Å². The van der Waals surface area contributed by atoms with Gasteiger partial charge in [-0.2, -0.15) is 0 Å². The van der Waals surface area contributed by atoms with Crippen molar-refractivity contribution in [3.8, 4) is 0 Å². The Hall–Kier alpha value is -2.87. The Morgan fingerprint density at radius 2 is 1.54 bits per heavy atom. The molecule has 24 heavy (non-hydrogen) atoms. The van der Waals surface area contributed by atoms with Gasteiger partial charge < -0.3 is 0 Å². The number of benzene rings is 2. The molecule has 0 aliphatic rings. The molecule has 8 heteroatoms. The number of hydrogen-bond acceptors (Lipinski definition) is 4. The van der Waals surface area contributed by atoms with Crippen molar-refractivity contribution in [1.82, 2.24) is 10.2 Å². The van der Waals surface area contributed by atoms with Crippen molar-refractivity contribution in [3.05, 3.63) is 68.2 Å². The van der Waals surface area contributed by atoms with Gasteiger partial charge in [-0.25, -0.2) is 8.42 Å². The molecule has 0 atom stereocenters. The van der Waals surface area contributed by atoms with Gasteiger partial charge in [0.2, 0.25) is 0 Å². The lowest BCUT2D eigenvalue weighted by Crippen LogP contribution is -2.19. The zero-order valence-electron chi connectivity index (χ0n) is 13.0. The lowest BCUT2D eigenvalue weighted by Gasteiger charge is -2.11. The van der Waals surface area contributed by atoms with Crippen LogP contribution in [0.4, 0.5) is 5.69 Å². The number of sulfonamides is 1. The van der Waals surface area contributed by atoms with Crippen LogP contribution in [0.1, 0.15) is 11.1 Å². The fraction of sp³-hybridized carbons (Fsp3) is 0.125. The van der Waals surface area contributed by atoms with Gasteiger partial charge in [0.15, 0.2) is 0 Å². The van der Waals surface area contributed by atoms with Crippen molar-refractivity contribution in [2.75, 3.05) is 4.72 Å². The van der Waals surface area contributed by atoms with Gasteiger partial charge in [-0.1, -0.05) is 17.7 Å². The maximum absolute atomic E-state index is 12.6. The maximum atomic E-state index is 12.6. The minimum absolute atomic E-state index is 0.111. The van der Waals surface area contributed by atoms with Crippen LogP contribution in [-0.2, 0) is 10.0 Å². The normalized spacial score (nSPS) is 11.6. The van der Waals surface area contributed by atoms with Crippen LogP contribution >= 0.6 is 0 Å². The molecule has 1 aromatic heterocycles.